The zero-order chi connectivity index (χ0) is 15.9. The maximum absolute atomic E-state index is 11.9. The van der Waals surface area contributed by atoms with Gasteiger partial charge in [0.2, 0.25) is 5.91 Å². The molecule has 0 unspecified atom stereocenters. The van der Waals surface area contributed by atoms with E-state index in [0.717, 1.165) is 10.0 Å². The molecule has 114 valence electrons. The molecular weight excluding hydrogens is 344 g/mol. The second-order valence-corrected chi connectivity index (χ2v) is 5.71. The van der Waals surface area contributed by atoms with Gasteiger partial charge in [-0.05, 0) is 30.7 Å². The van der Waals surface area contributed by atoms with E-state index in [1.807, 2.05) is 37.3 Å². The topological polar surface area (TPSA) is 58.2 Å². The predicted molar refractivity (Wildman–Crippen MR) is 89.5 cm³/mol. The van der Waals surface area contributed by atoms with Gasteiger partial charge in [0.1, 0.15) is 0 Å². The second kappa shape index (κ2) is 7.75. The van der Waals surface area contributed by atoms with Gasteiger partial charge in [-0.2, -0.15) is 0 Å². The largest absolute Gasteiger partial charge is 0.348 e. The van der Waals surface area contributed by atoms with Crippen molar-refractivity contribution < 1.29 is 9.59 Å². The first-order valence-electron chi connectivity index (χ1n) is 6.95. The van der Waals surface area contributed by atoms with Crippen molar-refractivity contribution in [2.75, 3.05) is 6.54 Å². The van der Waals surface area contributed by atoms with E-state index >= 15 is 0 Å². The summed E-state index contributed by atoms with van der Waals surface area (Å²) < 4.78 is 0.941. The Balaban J connectivity index is 1.86. The fourth-order valence-electron chi connectivity index (χ4n) is 2.05. The van der Waals surface area contributed by atoms with E-state index in [4.69, 9.17) is 0 Å². The summed E-state index contributed by atoms with van der Waals surface area (Å²) in [5.41, 5.74) is 1.53. The number of nitrogens with one attached hydrogen (secondary N) is 2. The molecule has 2 N–H and O–H groups in total. The smallest absolute Gasteiger partial charge is 0.251 e. The third-order valence-electron chi connectivity index (χ3n) is 3.19. The van der Waals surface area contributed by atoms with Crippen molar-refractivity contribution in [3.8, 4) is 0 Å². The zero-order valence-corrected chi connectivity index (χ0v) is 13.8. The van der Waals surface area contributed by atoms with Gasteiger partial charge >= 0.3 is 0 Å². The van der Waals surface area contributed by atoms with E-state index in [1.165, 1.54) is 0 Å². The summed E-state index contributed by atoms with van der Waals surface area (Å²) in [6.45, 7) is 1.85. The van der Waals surface area contributed by atoms with Gasteiger partial charge in [0, 0.05) is 10.0 Å². The van der Waals surface area contributed by atoms with E-state index in [9.17, 15) is 9.59 Å². The summed E-state index contributed by atoms with van der Waals surface area (Å²) in [6, 6.07) is 16.4. The van der Waals surface area contributed by atoms with Crippen molar-refractivity contribution in [3.63, 3.8) is 0 Å². The third-order valence-corrected chi connectivity index (χ3v) is 3.92. The van der Waals surface area contributed by atoms with Crippen LogP contribution >= 0.6 is 15.9 Å². The van der Waals surface area contributed by atoms with E-state index in [1.54, 1.807) is 24.3 Å². The molecule has 2 amide bonds. The average molecular weight is 361 g/mol. The first kappa shape index (κ1) is 16.2. The van der Waals surface area contributed by atoms with Gasteiger partial charge in [0.05, 0.1) is 12.6 Å². The minimum atomic E-state index is -0.260. The molecule has 0 saturated heterocycles. The molecule has 0 saturated carbocycles. The van der Waals surface area contributed by atoms with Gasteiger partial charge in [-0.1, -0.05) is 52.3 Å². The molecule has 0 aliphatic heterocycles. The predicted octanol–water partition coefficient (Wildman–Crippen LogP) is 3.06. The van der Waals surface area contributed by atoms with Crippen LogP contribution in [0.5, 0.6) is 0 Å². The first-order chi connectivity index (χ1) is 10.6. The molecule has 0 bridgehead atoms. The number of halogens is 1. The number of amides is 2. The average Bonchev–Trinajstić information content (AvgIpc) is 2.53. The van der Waals surface area contributed by atoms with Crippen LogP contribution < -0.4 is 10.6 Å². The highest BCUT2D eigenvalue weighted by Gasteiger charge is 2.13. The molecule has 2 aromatic rings. The molecule has 0 radical (unpaired) electrons. The molecule has 0 aliphatic carbocycles. The highest BCUT2D eigenvalue weighted by molar-refractivity contribution is 9.10. The van der Waals surface area contributed by atoms with Crippen LogP contribution in [0.15, 0.2) is 59.1 Å². The van der Waals surface area contributed by atoms with Gasteiger partial charge in [0.25, 0.3) is 5.91 Å². The lowest BCUT2D eigenvalue weighted by Crippen LogP contribution is -2.38. The molecule has 0 fully saturated rings. The molecule has 4 nitrogen and oxygen atoms in total. The monoisotopic (exact) mass is 360 g/mol. The van der Waals surface area contributed by atoms with Crippen molar-refractivity contribution >= 4 is 27.7 Å². The highest BCUT2D eigenvalue weighted by Crippen LogP contribution is 2.22. The van der Waals surface area contributed by atoms with Gasteiger partial charge in [-0.25, -0.2) is 0 Å². The second-order valence-electron chi connectivity index (χ2n) is 4.86. The van der Waals surface area contributed by atoms with Crippen LogP contribution in [-0.4, -0.2) is 18.4 Å². The molecule has 5 heteroatoms. The Labute approximate surface area is 138 Å². The van der Waals surface area contributed by atoms with Crippen LogP contribution in [0, 0.1) is 0 Å². The minimum Gasteiger partial charge on any atom is -0.348 e. The number of carbonyl (C=O) groups excluding carboxylic acids is 2. The maximum Gasteiger partial charge on any atom is 0.251 e. The molecule has 0 spiro atoms. The van der Waals surface area contributed by atoms with Crippen molar-refractivity contribution in [3.05, 3.63) is 70.2 Å². The van der Waals surface area contributed by atoms with E-state index < -0.39 is 0 Å². The van der Waals surface area contributed by atoms with Gasteiger partial charge in [-0.15, -0.1) is 0 Å². The van der Waals surface area contributed by atoms with Crippen LogP contribution in [0.3, 0.4) is 0 Å². The number of carbonyl (C=O) groups is 2. The zero-order valence-electron chi connectivity index (χ0n) is 12.2. The first-order valence-corrected chi connectivity index (χ1v) is 7.74. The Morgan fingerprint density at radius 1 is 1.05 bits per heavy atom. The third kappa shape index (κ3) is 4.43. The number of benzene rings is 2. The summed E-state index contributed by atoms with van der Waals surface area (Å²) in [7, 11) is 0. The van der Waals surface area contributed by atoms with E-state index in [0.29, 0.717) is 5.56 Å². The Bertz CT molecular complexity index is 659. The Hall–Kier alpha value is -2.14. The van der Waals surface area contributed by atoms with Crippen LogP contribution in [0.25, 0.3) is 0 Å². The molecule has 22 heavy (non-hydrogen) atoms. The van der Waals surface area contributed by atoms with Crippen LogP contribution in [0.1, 0.15) is 28.9 Å². The Morgan fingerprint density at radius 3 is 2.36 bits per heavy atom. The van der Waals surface area contributed by atoms with Gasteiger partial charge in [-0.3, -0.25) is 9.59 Å². The normalized spacial score (nSPS) is 11.5. The lowest BCUT2D eigenvalue weighted by atomic mass is 10.1. The lowest BCUT2D eigenvalue weighted by molar-refractivity contribution is -0.120. The van der Waals surface area contributed by atoms with Gasteiger partial charge < -0.3 is 10.6 Å². The molecule has 0 aliphatic rings. The minimum absolute atomic E-state index is 0.0531. The molecule has 1 atom stereocenters. The van der Waals surface area contributed by atoms with E-state index in [-0.39, 0.29) is 24.4 Å². The standard InChI is InChI=1S/C17H17BrN2O2/c1-12(14-9-5-6-10-15(14)18)20-16(21)11-19-17(22)13-7-3-2-4-8-13/h2-10,12H,11H2,1H3,(H,19,22)(H,20,21)/t12-/m1/s1. The van der Waals surface area contributed by atoms with Crippen LogP contribution in [0.2, 0.25) is 0 Å². The highest BCUT2D eigenvalue weighted by atomic mass is 79.9. The molecule has 0 aromatic heterocycles. The maximum atomic E-state index is 11.9. The van der Waals surface area contributed by atoms with Crippen molar-refractivity contribution in [2.45, 2.75) is 13.0 Å². The van der Waals surface area contributed by atoms with Gasteiger partial charge in [0.15, 0.2) is 0 Å². The Morgan fingerprint density at radius 2 is 1.68 bits per heavy atom. The van der Waals surface area contributed by atoms with Crippen molar-refractivity contribution in [2.24, 2.45) is 0 Å². The summed E-state index contributed by atoms with van der Waals surface area (Å²) in [4.78, 5) is 23.8. The fraction of sp³-hybridized carbons (Fsp3) is 0.176. The molecular formula is C17H17BrN2O2. The van der Waals surface area contributed by atoms with Crippen molar-refractivity contribution in [1.82, 2.24) is 10.6 Å². The quantitative estimate of drug-likeness (QED) is 0.860. The van der Waals surface area contributed by atoms with E-state index in [2.05, 4.69) is 26.6 Å². The number of hydrogen-bond acceptors (Lipinski definition) is 2. The number of rotatable bonds is 5. The summed E-state index contributed by atoms with van der Waals surface area (Å²) >= 11 is 3.46. The molecule has 2 rings (SSSR count). The molecule has 0 heterocycles. The molecule has 2 aromatic carbocycles. The lowest BCUT2D eigenvalue weighted by Gasteiger charge is -2.16. The SMILES string of the molecule is C[C@@H](NC(=O)CNC(=O)c1ccccc1)c1ccccc1Br. The van der Waals surface area contributed by atoms with Crippen LogP contribution in [-0.2, 0) is 4.79 Å². The fourth-order valence-corrected chi connectivity index (χ4v) is 2.68. The number of hydrogen-bond donors (Lipinski definition) is 2. The summed E-state index contributed by atoms with van der Waals surface area (Å²) in [5, 5.41) is 5.47. The van der Waals surface area contributed by atoms with Crippen LogP contribution in [0.4, 0.5) is 0 Å². The van der Waals surface area contributed by atoms with Crippen molar-refractivity contribution in [1.29, 1.82) is 0 Å². The Kier molecular flexibility index (Phi) is 5.72. The summed E-state index contributed by atoms with van der Waals surface area (Å²) in [5.74, 6) is -0.489. The summed E-state index contributed by atoms with van der Waals surface area (Å²) in [6.07, 6.45) is 0.